The van der Waals surface area contributed by atoms with E-state index >= 15 is 0 Å². The summed E-state index contributed by atoms with van der Waals surface area (Å²) in [6, 6.07) is 16.9. The molecule has 1 aliphatic rings. The number of hydrogen-bond donors (Lipinski definition) is 1. The number of carbonyl (C=O) groups is 1. The van der Waals surface area contributed by atoms with E-state index in [2.05, 4.69) is 5.32 Å². The monoisotopic (exact) mass is 349 g/mol. The van der Waals surface area contributed by atoms with Crippen molar-refractivity contribution >= 4 is 34.8 Å². The zero-order chi connectivity index (χ0) is 16.4. The third-order valence-corrected chi connectivity index (χ3v) is 4.87. The summed E-state index contributed by atoms with van der Waals surface area (Å²) in [4.78, 5) is 12.5. The molecule has 2 aromatic carbocycles. The highest BCUT2D eigenvalue weighted by molar-refractivity contribution is 6.53. The molecular formula is C18H17Cl2NO2. The van der Waals surface area contributed by atoms with E-state index in [1.54, 1.807) is 12.1 Å². The highest BCUT2D eigenvalue weighted by Crippen LogP contribution is 2.65. The summed E-state index contributed by atoms with van der Waals surface area (Å²) >= 11 is 12.6. The fourth-order valence-electron chi connectivity index (χ4n) is 2.75. The Morgan fingerprint density at radius 2 is 1.78 bits per heavy atom. The van der Waals surface area contributed by atoms with Gasteiger partial charge in [0.05, 0.1) is 12.5 Å². The van der Waals surface area contributed by atoms with Gasteiger partial charge in [0, 0.05) is 11.6 Å². The van der Waals surface area contributed by atoms with Gasteiger partial charge < -0.3 is 10.1 Å². The highest BCUT2D eigenvalue weighted by atomic mass is 35.5. The summed E-state index contributed by atoms with van der Waals surface area (Å²) in [5.41, 5.74) is 1.67. The van der Waals surface area contributed by atoms with E-state index in [0.717, 1.165) is 11.3 Å². The van der Waals surface area contributed by atoms with Crippen molar-refractivity contribution in [3.05, 3.63) is 60.2 Å². The molecule has 120 valence electrons. The third-order valence-electron chi connectivity index (χ3n) is 3.93. The first-order chi connectivity index (χ1) is 11.0. The van der Waals surface area contributed by atoms with Crippen molar-refractivity contribution in [2.75, 3.05) is 11.9 Å². The summed E-state index contributed by atoms with van der Waals surface area (Å²) in [5, 5.41) is 2.87. The van der Waals surface area contributed by atoms with Gasteiger partial charge in [0.1, 0.15) is 10.1 Å². The number of halogens is 2. The van der Waals surface area contributed by atoms with E-state index in [0.29, 0.717) is 12.3 Å². The Hall–Kier alpha value is -1.71. The molecule has 0 heterocycles. The minimum atomic E-state index is -1.06. The Labute approximate surface area is 145 Å². The van der Waals surface area contributed by atoms with Gasteiger partial charge in [-0.1, -0.05) is 30.3 Å². The maximum Gasteiger partial charge on any atom is 0.231 e. The van der Waals surface area contributed by atoms with Crippen LogP contribution in [0.1, 0.15) is 18.4 Å². The number of amides is 1. The summed E-state index contributed by atoms with van der Waals surface area (Å²) in [5.74, 6) is -0.0503. The van der Waals surface area contributed by atoms with E-state index in [9.17, 15) is 4.79 Å². The first-order valence-electron chi connectivity index (χ1n) is 7.50. The molecule has 2 atom stereocenters. The van der Waals surface area contributed by atoms with Crippen molar-refractivity contribution < 1.29 is 9.53 Å². The molecule has 1 amide bonds. The average molecular weight is 350 g/mol. The normalized spacial score (nSPS) is 21.5. The Morgan fingerprint density at radius 3 is 2.39 bits per heavy atom. The van der Waals surface area contributed by atoms with E-state index < -0.39 is 10.3 Å². The number of ether oxygens (including phenoxy) is 1. The number of anilines is 1. The molecule has 0 saturated heterocycles. The van der Waals surface area contributed by atoms with Gasteiger partial charge in [-0.2, -0.15) is 0 Å². The second kappa shape index (κ2) is 6.42. The van der Waals surface area contributed by atoms with Crippen LogP contribution in [0.5, 0.6) is 5.75 Å². The van der Waals surface area contributed by atoms with Crippen molar-refractivity contribution in [3.63, 3.8) is 0 Å². The molecule has 2 aromatic rings. The number of nitrogens with one attached hydrogen (secondary N) is 1. The van der Waals surface area contributed by atoms with Gasteiger partial charge in [0.2, 0.25) is 5.91 Å². The lowest BCUT2D eigenvalue weighted by atomic mass is 10.1. The van der Waals surface area contributed by atoms with E-state index in [4.69, 9.17) is 27.9 Å². The van der Waals surface area contributed by atoms with Gasteiger partial charge in [-0.3, -0.25) is 4.79 Å². The fourth-order valence-corrected chi connectivity index (χ4v) is 3.58. The lowest BCUT2D eigenvalue weighted by Gasteiger charge is -2.07. The largest absolute Gasteiger partial charge is 0.494 e. The Balaban J connectivity index is 1.69. The Kier molecular flexibility index (Phi) is 4.51. The Morgan fingerprint density at radius 1 is 1.13 bits per heavy atom. The fraction of sp³-hybridized carbons (Fsp3) is 0.278. The van der Waals surface area contributed by atoms with Crippen molar-refractivity contribution in [1.29, 1.82) is 0 Å². The van der Waals surface area contributed by atoms with Gasteiger partial charge >= 0.3 is 0 Å². The number of carbonyl (C=O) groups excluding carboxylic acids is 1. The number of rotatable bonds is 5. The van der Waals surface area contributed by atoms with Crippen molar-refractivity contribution in [1.82, 2.24) is 0 Å². The average Bonchev–Trinajstić information content (AvgIpc) is 3.13. The molecule has 0 aromatic heterocycles. The first-order valence-corrected chi connectivity index (χ1v) is 8.26. The zero-order valence-electron chi connectivity index (χ0n) is 12.6. The van der Waals surface area contributed by atoms with E-state index in [1.165, 1.54) is 0 Å². The summed E-state index contributed by atoms with van der Waals surface area (Å²) in [7, 11) is 0. The number of hydrogen-bond acceptors (Lipinski definition) is 2. The molecule has 1 aliphatic carbocycles. The maximum atomic E-state index is 12.5. The molecular weight excluding hydrogens is 333 g/mol. The predicted octanol–water partition coefficient (Wildman–Crippen LogP) is 4.61. The quantitative estimate of drug-likeness (QED) is 0.800. The van der Waals surface area contributed by atoms with Crippen LogP contribution in [0.2, 0.25) is 0 Å². The van der Waals surface area contributed by atoms with Crippen LogP contribution in [0.4, 0.5) is 5.69 Å². The van der Waals surface area contributed by atoms with Crippen molar-refractivity contribution in [2.24, 2.45) is 5.92 Å². The topological polar surface area (TPSA) is 38.3 Å². The van der Waals surface area contributed by atoms with Crippen LogP contribution in [-0.4, -0.2) is 16.8 Å². The summed E-state index contributed by atoms with van der Waals surface area (Å²) in [6.45, 7) is 2.53. The van der Waals surface area contributed by atoms with E-state index in [-0.39, 0.29) is 11.8 Å². The maximum absolute atomic E-state index is 12.5. The lowest BCUT2D eigenvalue weighted by molar-refractivity contribution is -0.117. The predicted molar refractivity (Wildman–Crippen MR) is 93.4 cm³/mol. The van der Waals surface area contributed by atoms with E-state index in [1.807, 2.05) is 49.4 Å². The van der Waals surface area contributed by atoms with Crippen LogP contribution in [0.15, 0.2) is 54.6 Å². The molecule has 0 unspecified atom stereocenters. The standard InChI is InChI=1S/C18H17Cl2NO2/c1-2-23-14-10-8-13(9-11-14)21-17(22)16-15(18(16,19)20)12-6-4-3-5-7-12/h3-11,15-16H,2H2,1H3,(H,21,22)/t15-,16+/m0/s1. The molecule has 1 N–H and O–H groups in total. The van der Waals surface area contributed by atoms with Gasteiger partial charge in [-0.05, 0) is 36.8 Å². The van der Waals surface area contributed by atoms with Crippen LogP contribution in [-0.2, 0) is 4.79 Å². The van der Waals surface area contributed by atoms with Gasteiger partial charge in [-0.25, -0.2) is 0 Å². The molecule has 0 bridgehead atoms. The second-order valence-electron chi connectivity index (χ2n) is 5.49. The molecule has 1 saturated carbocycles. The minimum Gasteiger partial charge on any atom is -0.494 e. The number of benzene rings is 2. The molecule has 1 fully saturated rings. The molecule has 3 nitrogen and oxygen atoms in total. The smallest absolute Gasteiger partial charge is 0.231 e. The van der Waals surface area contributed by atoms with Crippen LogP contribution in [0.3, 0.4) is 0 Å². The molecule has 0 aliphatic heterocycles. The van der Waals surface area contributed by atoms with Crippen LogP contribution < -0.4 is 10.1 Å². The van der Waals surface area contributed by atoms with Gasteiger partial charge in [0.25, 0.3) is 0 Å². The number of alkyl halides is 2. The second-order valence-corrected chi connectivity index (χ2v) is 6.93. The zero-order valence-corrected chi connectivity index (χ0v) is 14.1. The van der Waals surface area contributed by atoms with Crippen LogP contribution >= 0.6 is 23.2 Å². The highest BCUT2D eigenvalue weighted by Gasteiger charge is 2.67. The molecule has 0 spiro atoms. The van der Waals surface area contributed by atoms with Gasteiger partial charge in [-0.15, -0.1) is 23.2 Å². The summed E-state index contributed by atoms with van der Waals surface area (Å²) in [6.07, 6.45) is 0. The van der Waals surface area contributed by atoms with Crippen LogP contribution in [0.25, 0.3) is 0 Å². The molecule has 23 heavy (non-hydrogen) atoms. The lowest BCUT2D eigenvalue weighted by Crippen LogP contribution is -2.17. The Bertz CT molecular complexity index is 686. The molecule has 5 heteroatoms. The van der Waals surface area contributed by atoms with Crippen molar-refractivity contribution in [2.45, 2.75) is 17.2 Å². The molecule has 0 radical (unpaired) electrons. The minimum absolute atomic E-state index is 0.173. The SMILES string of the molecule is CCOc1ccc(NC(=O)[C@H]2[C@H](c3ccccc3)C2(Cl)Cl)cc1. The van der Waals surface area contributed by atoms with Crippen LogP contribution in [0, 0.1) is 5.92 Å². The van der Waals surface area contributed by atoms with Crippen molar-refractivity contribution in [3.8, 4) is 5.75 Å². The summed E-state index contributed by atoms with van der Waals surface area (Å²) < 4.78 is 4.32. The molecule has 3 rings (SSSR count). The first kappa shape index (κ1) is 16.2. The van der Waals surface area contributed by atoms with Gasteiger partial charge in [0.15, 0.2) is 0 Å². The third kappa shape index (κ3) is 3.31.